The van der Waals surface area contributed by atoms with Gasteiger partial charge in [0.1, 0.15) is 11.5 Å². The molecule has 3 aromatic heterocycles. The van der Waals surface area contributed by atoms with Gasteiger partial charge < -0.3 is 0 Å². The van der Waals surface area contributed by atoms with Crippen LogP contribution in [0.1, 0.15) is 0 Å². The van der Waals surface area contributed by atoms with Crippen molar-refractivity contribution in [3.05, 3.63) is 85.1 Å². The van der Waals surface area contributed by atoms with Crippen molar-refractivity contribution in [3.8, 4) is 28.3 Å². The van der Waals surface area contributed by atoms with Gasteiger partial charge in [-0.05, 0) is 48.5 Å². The fraction of sp³-hybridized carbons (Fsp3) is 0. The second kappa shape index (κ2) is 6.04. The minimum Gasteiger partial charge on any atom is -0.265 e. The van der Waals surface area contributed by atoms with Crippen LogP contribution in [0.15, 0.2) is 79.3 Å². The molecule has 4 rings (SSSR count). The summed E-state index contributed by atoms with van der Waals surface area (Å²) in [6.07, 6.45) is 5.17. The van der Waals surface area contributed by atoms with E-state index in [1.54, 1.807) is 29.3 Å². The molecule has 0 aliphatic carbocycles. The third-order valence-electron chi connectivity index (χ3n) is 3.67. The zero-order chi connectivity index (χ0) is 16.4. The molecule has 116 valence electrons. The summed E-state index contributed by atoms with van der Waals surface area (Å²) >= 11 is 0. The van der Waals surface area contributed by atoms with Gasteiger partial charge in [-0.3, -0.25) is 9.97 Å². The summed E-state index contributed by atoms with van der Waals surface area (Å²) in [7, 11) is 0. The minimum atomic E-state index is -0.303. The predicted molar refractivity (Wildman–Crippen MR) is 90.0 cm³/mol. The zero-order valence-corrected chi connectivity index (χ0v) is 12.7. The van der Waals surface area contributed by atoms with Gasteiger partial charge in [0.15, 0.2) is 0 Å². The fourth-order valence-corrected chi connectivity index (χ4v) is 2.55. The molecule has 0 amide bonds. The van der Waals surface area contributed by atoms with Crippen LogP contribution in [-0.4, -0.2) is 19.7 Å². The summed E-state index contributed by atoms with van der Waals surface area (Å²) in [5.41, 5.74) is 3.95. The van der Waals surface area contributed by atoms with Gasteiger partial charge in [0, 0.05) is 24.2 Å². The van der Waals surface area contributed by atoms with Crippen LogP contribution < -0.4 is 0 Å². The van der Waals surface area contributed by atoms with E-state index in [0.717, 1.165) is 22.6 Å². The van der Waals surface area contributed by atoms with Gasteiger partial charge >= 0.3 is 0 Å². The Morgan fingerprint density at radius 3 is 2.42 bits per heavy atom. The van der Waals surface area contributed by atoms with Gasteiger partial charge in [-0.15, -0.1) is 0 Å². The SMILES string of the molecule is Fc1cccc(-n2nc(-c3ccccn3)cc2-c2ccncc2)c1. The van der Waals surface area contributed by atoms with Crippen molar-refractivity contribution in [3.63, 3.8) is 0 Å². The van der Waals surface area contributed by atoms with E-state index in [4.69, 9.17) is 0 Å². The van der Waals surface area contributed by atoms with Crippen LogP contribution in [-0.2, 0) is 0 Å². The number of hydrogen-bond donors (Lipinski definition) is 0. The smallest absolute Gasteiger partial charge is 0.125 e. The molecule has 0 radical (unpaired) electrons. The van der Waals surface area contributed by atoms with Crippen LogP contribution in [0.4, 0.5) is 4.39 Å². The summed E-state index contributed by atoms with van der Waals surface area (Å²) in [5, 5.41) is 4.64. The summed E-state index contributed by atoms with van der Waals surface area (Å²) in [5.74, 6) is -0.303. The van der Waals surface area contributed by atoms with E-state index in [0.29, 0.717) is 5.69 Å². The first kappa shape index (κ1) is 14.3. The average molecular weight is 316 g/mol. The average Bonchev–Trinajstić information content (AvgIpc) is 3.09. The largest absolute Gasteiger partial charge is 0.265 e. The number of aromatic nitrogens is 4. The monoisotopic (exact) mass is 316 g/mol. The molecule has 4 nitrogen and oxygen atoms in total. The molecular weight excluding hydrogens is 303 g/mol. The first-order valence-electron chi connectivity index (χ1n) is 7.49. The van der Waals surface area contributed by atoms with Gasteiger partial charge in [-0.2, -0.15) is 5.10 Å². The third kappa shape index (κ3) is 2.67. The highest BCUT2D eigenvalue weighted by Crippen LogP contribution is 2.27. The maximum atomic E-state index is 13.7. The molecule has 24 heavy (non-hydrogen) atoms. The molecule has 0 atom stereocenters. The van der Waals surface area contributed by atoms with E-state index in [1.807, 2.05) is 42.5 Å². The molecule has 0 aliphatic heterocycles. The Bertz CT molecular complexity index is 965. The fourth-order valence-electron chi connectivity index (χ4n) is 2.55. The topological polar surface area (TPSA) is 43.6 Å². The standard InChI is InChI=1S/C19H13FN4/c20-15-4-3-5-16(12-15)24-19(14-7-10-21-11-8-14)13-18(23-24)17-6-1-2-9-22-17/h1-13H. The molecule has 4 aromatic rings. The van der Waals surface area contributed by atoms with Crippen molar-refractivity contribution >= 4 is 0 Å². The van der Waals surface area contributed by atoms with E-state index in [-0.39, 0.29) is 5.82 Å². The van der Waals surface area contributed by atoms with Crippen molar-refractivity contribution in [1.29, 1.82) is 0 Å². The molecular formula is C19H13FN4. The lowest BCUT2D eigenvalue weighted by atomic mass is 10.1. The maximum absolute atomic E-state index is 13.7. The van der Waals surface area contributed by atoms with E-state index in [9.17, 15) is 4.39 Å². The number of rotatable bonds is 3. The maximum Gasteiger partial charge on any atom is 0.125 e. The molecule has 1 aromatic carbocycles. The van der Waals surface area contributed by atoms with Crippen molar-refractivity contribution in [1.82, 2.24) is 19.7 Å². The van der Waals surface area contributed by atoms with Crippen LogP contribution in [0.2, 0.25) is 0 Å². The number of halogens is 1. The van der Waals surface area contributed by atoms with Gasteiger partial charge in [0.05, 0.1) is 17.1 Å². The molecule has 0 fully saturated rings. The van der Waals surface area contributed by atoms with Crippen LogP contribution in [0.3, 0.4) is 0 Å². The van der Waals surface area contributed by atoms with Crippen molar-refractivity contribution in [2.24, 2.45) is 0 Å². The summed E-state index contributed by atoms with van der Waals surface area (Å²) in [6.45, 7) is 0. The van der Waals surface area contributed by atoms with Gasteiger partial charge in [-0.25, -0.2) is 9.07 Å². The van der Waals surface area contributed by atoms with Gasteiger partial charge in [0.2, 0.25) is 0 Å². The Labute approximate surface area is 138 Å². The van der Waals surface area contributed by atoms with Crippen molar-refractivity contribution in [2.45, 2.75) is 0 Å². The van der Waals surface area contributed by atoms with Crippen LogP contribution in [0.25, 0.3) is 28.3 Å². The number of pyridine rings is 2. The molecule has 0 unspecified atom stereocenters. The molecule has 0 bridgehead atoms. The Morgan fingerprint density at radius 1 is 0.792 bits per heavy atom. The lowest BCUT2D eigenvalue weighted by Gasteiger charge is -2.07. The molecule has 0 saturated heterocycles. The normalized spacial score (nSPS) is 10.7. The zero-order valence-electron chi connectivity index (χ0n) is 12.7. The quantitative estimate of drug-likeness (QED) is 0.570. The Hall–Kier alpha value is -3.34. The second-order valence-electron chi connectivity index (χ2n) is 5.26. The number of nitrogens with zero attached hydrogens (tertiary/aromatic N) is 4. The van der Waals surface area contributed by atoms with Gasteiger partial charge in [0.25, 0.3) is 0 Å². The Kier molecular flexibility index (Phi) is 3.59. The highest BCUT2D eigenvalue weighted by molar-refractivity contribution is 5.68. The molecule has 0 saturated carbocycles. The Balaban J connectivity index is 1.92. The predicted octanol–water partition coefficient (Wildman–Crippen LogP) is 4.14. The van der Waals surface area contributed by atoms with E-state index >= 15 is 0 Å². The summed E-state index contributed by atoms with van der Waals surface area (Å²) < 4.78 is 15.4. The molecule has 0 spiro atoms. The minimum absolute atomic E-state index is 0.303. The van der Waals surface area contributed by atoms with Crippen LogP contribution >= 0.6 is 0 Å². The number of hydrogen-bond acceptors (Lipinski definition) is 3. The molecule has 0 N–H and O–H groups in total. The first-order valence-corrected chi connectivity index (χ1v) is 7.49. The molecule has 0 aliphatic rings. The first-order chi connectivity index (χ1) is 11.8. The molecule has 5 heteroatoms. The lowest BCUT2D eigenvalue weighted by Crippen LogP contribution is -2.00. The summed E-state index contributed by atoms with van der Waals surface area (Å²) in [6, 6.07) is 17.8. The van der Waals surface area contributed by atoms with E-state index in [2.05, 4.69) is 15.1 Å². The Morgan fingerprint density at radius 2 is 1.67 bits per heavy atom. The lowest BCUT2D eigenvalue weighted by molar-refractivity contribution is 0.625. The van der Waals surface area contributed by atoms with Gasteiger partial charge in [-0.1, -0.05) is 12.1 Å². The second-order valence-corrected chi connectivity index (χ2v) is 5.26. The summed E-state index contributed by atoms with van der Waals surface area (Å²) in [4.78, 5) is 8.40. The highest BCUT2D eigenvalue weighted by Gasteiger charge is 2.14. The van der Waals surface area contributed by atoms with Crippen molar-refractivity contribution < 1.29 is 4.39 Å². The number of benzene rings is 1. The molecule has 3 heterocycles. The van der Waals surface area contributed by atoms with E-state index < -0.39 is 0 Å². The van der Waals surface area contributed by atoms with Crippen LogP contribution in [0.5, 0.6) is 0 Å². The highest BCUT2D eigenvalue weighted by atomic mass is 19.1. The van der Waals surface area contributed by atoms with Crippen molar-refractivity contribution in [2.75, 3.05) is 0 Å². The van der Waals surface area contributed by atoms with Crippen LogP contribution in [0, 0.1) is 5.82 Å². The third-order valence-corrected chi connectivity index (χ3v) is 3.67. The van der Waals surface area contributed by atoms with E-state index in [1.165, 1.54) is 12.1 Å².